The van der Waals surface area contributed by atoms with Crippen molar-refractivity contribution in [2.24, 2.45) is 0 Å². The first-order chi connectivity index (χ1) is 8.22. The van der Waals surface area contributed by atoms with Crippen molar-refractivity contribution in [2.45, 2.75) is 25.7 Å². The Bertz CT molecular complexity index is 363. The number of nitrogens with one attached hydrogen (secondary N) is 1. The van der Waals surface area contributed by atoms with Crippen LogP contribution in [-0.2, 0) is 6.54 Å². The summed E-state index contributed by atoms with van der Waals surface area (Å²) >= 11 is 0. The summed E-state index contributed by atoms with van der Waals surface area (Å²) in [5, 5.41) is 22.4. The molecule has 2 rings (SSSR count). The molecule has 0 amide bonds. The molecule has 5 heteroatoms. The molecule has 3 N–H and O–H groups in total. The molecule has 1 aromatic rings. The first-order valence-corrected chi connectivity index (χ1v) is 5.98. The molecule has 0 bridgehead atoms. The molecule has 1 aliphatic rings. The van der Waals surface area contributed by atoms with Crippen molar-refractivity contribution in [1.82, 2.24) is 10.3 Å². The molecule has 1 saturated heterocycles. The Hall–Kier alpha value is -1.17. The van der Waals surface area contributed by atoms with E-state index in [1.165, 1.54) is 0 Å². The number of rotatable bonds is 4. The Morgan fingerprint density at radius 1 is 1.41 bits per heavy atom. The molecule has 17 heavy (non-hydrogen) atoms. The van der Waals surface area contributed by atoms with E-state index in [0.717, 1.165) is 24.5 Å². The second-order valence-electron chi connectivity index (χ2n) is 4.31. The van der Waals surface area contributed by atoms with Crippen LogP contribution in [0, 0.1) is 0 Å². The average molecular weight is 237 g/mol. The van der Waals surface area contributed by atoms with E-state index in [4.69, 9.17) is 0 Å². The molecule has 1 aliphatic heterocycles. The summed E-state index contributed by atoms with van der Waals surface area (Å²) in [7, 11) is 0. The molecule has 1 fully saturated rings. The monoisotopic (exact) mass is 237 g/mol. The van der Waals surface area contributed by atoms with Gasteiger partial charge in [-0.05, 0) is 12.6 Å². The van der Waals surface area contributed by atoms with E-state index in [1.807, 2.05) is 17.0 Å². The van der Waals surface area contributed by atoms with E-state index in [2.05, 4.69) is 17.2 Å². The SMILES string of the molecule is CCNCc1cccnc1N1CC(O)C(O)C1. The third-order valence-electron chi connectivity index (χ3n) is 2.99. The highest BCUT2D eigenvalue weighted by Crippen LogP contribution is 2.22. The Labute approximate surface area is 101 Å². The molecule has 2 unspecified atom stereocenters. The van der Waals surface area contributed by atoms with Gasteiger partial charge in [-0.3, -0.25) is 0 Å². The van der Waals surface area contributed by atoms with Crippen LogP contribution in [0.2, 0.25) is 0 Å². The van der Waals surface area contributed by atoms with Crippen LogP contribution in [0.1, 0.15) is 12.5 Å². The lowest BCUT2D eigenvalue weighted by Crippen LogP contribution is -2.25. The second kappa shape index (κ2) is 5.44. The van der Waals surface area contributed by atoms with Gasteiger partial charge in [-0.1, -0.05) is 13.0 Å². The summed E-state index contributed by atoms with van der Waals surface area (Å²) in [6.45, 7) is 4.59. The van der Waals surface area contributed by atoms with Gasteiger partial charge in [0.1, 0.15) is 5.82 Å². The summed E-state index contributed by atoms with van der Waals surface area (Å²) < 4.78 is 0. The highest BCUT2D eigenvalue weighted by atomic mass is 16.3. The summed E-state index contributed by atoms with van der Waals surface area (Å²) in [5.74, 6) is 0.851. The number of nitrogens with zero attached hydrogens (tertiary/aromatic N) is 2. The molecule has 94 valence electrons. The van der Waals surface area contributed by atoms with E-state index < -0.39 is 12.2 Å². The number of anilines is 1. The summed E-state index contributed by atoms with van der Waals surface area (Å²) in [5.41, 5.74) is 1.09. The Morgan fingerprint density at radius 3 is 2.76 bits per heavy atom. The van der Waals surface area contributed by atoms with Crippen molar-refractivity contribution in [1.29, 1.82) is 0 Å². The third-order valence-corrected chi connectivity index (χ3v) is 2.99. The van der Waals surface area contributed by atoms with Gasteiger partial charge >= 0.3 is 0 Å². The zero-order chi connectivity index (χ0) is 12.3. The highest BCUT2D eigenvalue weighted by Gasteiger charge is 2.31. The number of hydrogen-bond acceptors (Lipinski definition) is 5. The van der Waals surface area contributed by atoms with Crippen molar-refractivity contribution in [3.8, 4) is 0 Å². The number of β-amino-alcohol motifs (C(OH)–C–C–N with tert-alkyl or cyclic N) is 2. The van der Waals surface area contributed by atoms with Gasteiger partial charge in [0.2, 0.25) is 0 Å². The Kier molecular flexibility index (Phi) is 3.93. The molecule has 0 saturated carbocycles. The predicted octanol–water partition coefficient (Wildman–Crippen LogP) is -0.267. The molecule has 2 heterocycles. The van der Waals surface area contributed by atoms with E-state index >= 15 is 0 Å². The number of aliphatic hydroxyl groups excluding tert-OH is 2. The quantitative estimate of drug-likeness (QED) is 0.673. The molecule has 5 nitrogen and oxygen atoms in total. The molecular weight excluding hydrogens is 218 g/mol. The normalized spacial score (nSPS) is 24.3. The van der Waals surface area contributed by atoms with Crippen LogP contribution < -0.4 is 10.2 Å². The fourth-order valence-electron chi connectivity index (χ4n) is 2.06. The van der Waals surface area contributed by atoms with Crippen molar-refractivity contribution < 1.29 is 10.2 Å². The van der Waals surface area contributed by atoms with Gasteiger partial charge in [-0.25, -0.2) is 4.98 Å². The zero-order valence-corrected chi connectivity index (χ0v) is 10.0. The maximum absolute atomic E-state index is 9.56. The van der Waals surface area contributed by atoms with Crippen LogP contribution in [0.5, 0.6) is 0 Å². The number of aliphatic hydroxyl groups is 2. The topological polar surface area (TPSA) is 68.6 Å². The largest absolute Gasteiger partial charge is 0.389 e. The maximum atomic E-state index is 9.56. The van der Waals surface area contributed by atoms with Gasteiger partial charge in [0.15, 0.2) is 0 Å². The average Bonchev–Trinajstić information content (AvgIpc) is 2.67. The van der Waals surface area contributed by atoms with E-state index in [-0.39, 0.29) is 0 Å². The van der Waals surface area contributed by atoms with Crippen molar-refractivity contribution in [2.75, 3.05) is 24.5 Å². The molecule has 2 atom stereocenters. The molecule has 1 aromatic heterocycles. The van der Waals surface area contributed by atoms with Crippen molar-refractivity contribution in [3.05, 3.63) is 23.9 Å². The molecular formula is C12H19N3O2. The van der Waals surface area contributed by atoms with Crippen LogP contribution in [-0.4, -0.2) is 47.0 Å². The number of hydrogen-bond donors (Lipinski definition) is 3. The maximum Gasteiger partial charge on any atom is 0.133 e. The second-order valence-corrected chi connectivity index (χ2v) is 4.31. The lowest BCUT2D eigenvalue weighted by atomic mass is 10.2. The molecule has 0 spiro atoms. The summed E-state index contributed by atoms with van der Waals surface area (Å²) in [6.07, 6.45) is 0.384. The smallest absolute Gasteiger partial charge is 0.133 e. The van der Waals surface area contributed by atoms with Gasteiger partial charge in [0, 0.05) is 31.4 Å². The predicted molar refractivity (Wildman–Crippen MR) is 65.8 cm³/mol. The van der Waals surface area contributed by atoms with Gasteiger partial charge in [0.25, 0.3) is 0 Å². The van der Waals surface area contributed by atoms with Crippen LogP contribution in [0.25, 0.3) is 0 Å². The van der Waals surface area contributed by atoms with Gasteiger partial charge in [-0.15, -0.1) is 0 Å². The minimum absolute atomic E-state index is 0.442. The van der Waals surface area contributed by atoms with E-state index in [0.29, 0.717) is 13.1 Å². The lowest BCUT2D eigenvalue weighted by Gasteiger charge is -2.19. The fraction of sp³-hybridized carbons (Fsp3) is 0.583. The minimum atomic E-state index is -0.677. The lowest BCUT2D eigenvalue weighted by molar-refractivity contribution is 0.0572. The third kappa shape index (κ3) is 2.74. The highest BCUT2D eigenvalue weighted by molar-refractivity contribution is 5.48. The number of pyridine rings is 1. The van der Waals surface area contributed by atoms with Crippen molar-refractivity contribution >= 4 is 5.82 Å². The van der Waals surface area contributed by atoms with E-state index in [1.54, 1.807) is 6.20 Å². The van der Waals surface area contributed by atoms with E-state index in [9.17, 15) is 10.2 Å². The minimum Gasteiger partial charge on any atom is -0.389 e. The van der Waals surface area contributed by atoms with Crippen LogP contribution >= 0.6 is 0 Å². The van der Waals surface area contributed by atoms with Crippen LogP contribution in [0.15, 0.2) is 18.3 Å². The molecule has 0 aromatic carbocycles. The van der Waals surface area contributed by atoms with Gasteiger partial charge < -0.3 is 20.4 Å². The standard InChI is InChI=1S/C12H19N3O2/c1-2-13-6-9-4-3-5-14-12(9)15-7-10(16)11(17)8-15/h3-5,10-11,13,16-17H,2,6-8H2,1H3. The summed E-state index contributed by atoms with van der Waals surface area (Å²) in [4.78, 5) is 6.28. The van der Waals surface area contributed by atoms with Crippen LogP contribution in [0.4, 0.5) is 5.82 Å². The Morgan fingerprint density at radius 2 is 2.12 bits per heavy atom. The van der Waals surface area contributed by atoms with Gasteiger partial charge in [-0.2, -0.15) is 0 Å². The summed E-state index contributed by atoms with van der Waals surface area (Å²) in [6, 6.07) is 3.92. The zero-order valence-electron chi connectivity index (χ0n) is 10.0. The first-order valence-electron chi connectivity index (χ1n) is 5.98. The van der Waals surface area contributed by atoms with Crippen LogP contribution in [0.3, 0.4) is 0 Å². The first kappa shape index (κ1) is 12.3. The number of aromatic nitrogens is 1. The Balaban J connectivity index is 2.14. The fourth-order valence-corrected chi connectivity index (χ4v) is 2.06. The molecule has 0 radical (unpaired) electrons. The van der Waals surface area contributed by atoms with Crippen molar-refractivity contribution in [3.63, 3.8) is 0 Å². The molecule has 0 aliphatic carbocycles. The van der Waals surface area contributed by atoms with Gasteiger partial charge in [0.05, 0.1) is 12.2 Å².